The summed E-state index contributed by atoms with van der Waals surface area (Å²) in [4.78, 5) is 13.0. The lowest BCUT2D eigenvalue weighted by Crippen LogP contribution is -2.34. The summed E-state index contributed by atoms with van der Waals surface area (Å²) in [7, 11) is 3.40. The van der Waals surface area contributed by atoms with Crippen molar-refractivity contribution < 1.29 is 4.79 Å². The van der Waals surface area contributed by atoms with Crippen molar-refractivity contribution in [2.75, 3.05) is 20.6 Å². The van der Waals surface area contributed by atoms with Crippen molar-refractivity contribution in [3.63, 3.8) is 0 Å². The third kappa shape index (κ3) is 2.76. The van der Waals surface area contributed by atoms with Crippen LogP contribution in [-0.4, -0.2) is 41.4 Å². The molecule has 0 unspecified atom stereocenters. The summed E-state index contributed by atoms with van der Waals surface area (Å²) in [6.45, 7) is 3.39. The van der Waals surface area contributed by atoms with Gasteiger partial charge >= 0.3 is 6.03 Å². The molecule has 2 amide bonds. The van der Waals surface area contributed by atoms with E-state index in [-0.39, 0.29) is 6.03 Å². The molecule has 0 radical (unpaired) electrons. The van der Waals surface area contributed by atoms with Gasteiger partial charge < -0.3 is 15.5 Å². The fourth-order valence-electron chi connectivity index (χ4n) is 2.00. The fraction of sp³-hybridized carbons (Fsp3) is 0.636. The molecule has 0 atom stereocenters. The van der Waals surface area contributed by atoms with Crippen molar-refractivity contribution in [3.8, 4) is 0 Å². The lowest BCUT2D eigenvalue weighted by atomic mass is 10.3. The first-order valence-corrected chi connectivity index (χ1v) is 5.90. The van der Waals surface area contributed by atoms with Crippen LogP contribution < -0.4 is 10.6 Å². The number of amides is 2. The second-order valence-corrected chi connectivity index (χ2v) is 4.29. The number of aromatic nitrogens is 2. The molecule has 1 aromatic heterocycles. The van der Waals surface area contributed by atoms with Crippen LogP contribution in [0.2, 0.25) is 0 Å². The average molecular weight is 237 g/mol. The maximum Gasteiger partial charge on any atom is 0.317 e. The Bertz CT molecular complexity index is 377. The first kappa shape index (κ1) is 11.9. The van der Waals surface area contributed by atoms with Crippen LogP contribution in [0.3, 0.4) is 0 Å². The van der Waals surface area contributed by atoms with Crippen molar-refractivity contribution in [1.82, 2.24) is 25.3 Å². The van der Waals surface area contributed by atoms with Crippen LogP contribution in [0, 0.1) is 0 Å². The molecule has 1 aromatic rings. The molecule has 1 aliphatic rings. The van der Waals surface area contributed by atoms with E-state index < -0.39 is 0 Å². The van der Waals surface area contributed by atoms with Crippen LogP contribution in [0.5, 0.6) is 0 Å². The van der Waals surface area contributed by atoms with E-state index in [4.69, 9.17) is 0 Å². The number of aryl methyl sites for hydroxylation is 1. The topological polar surface area (TPSA) is 62.2 Å². The molecule has 1 aliphatic heterocycles. The number of hydrogen-bond donors (Lipinski definition) is 2. The van der Waals surface area contributed by atoms with Gasteiger partial charge in [0.2, 0.25) is 0 Å². The van der Waals surface area contributed by atoms with Crippen LogP contribution in [0.15, 0.2) is 6.07 Å². The highest BCUT2D eigenvalue weighted by atomic mass is 16.2. The fourth-order valence-corrected chi connectivity index (χ4v) is 2.00. The van der Waals surface area contributed by atoms with Gasteiger partial charge in [-0.25, -0.2) is 4.79 Å². The smallest absolute Gasteiger partial charge is 0.317 e. The molecule has 0 aromatic carbocycles. The molecule has 6 nitrogen and oxygen atoms in total. The summed E-state index contributed by atoms with van der Waals surface area (Å²) < 4.78 is 2.03. The average Bonchev–Trinajstić information content (AvgIpc) is 2.57. The third-order valence-corrected chi connectivity index (χ3v) is 2.90. The molecule has 94 valence electrons. The molecule has 0 spiro atoms. The third-order valence-electron chi connectivity index (χ3n) is 2.90. The number of carbonyl (C=O) groups is 1. The normalized spacial score (nSPS) is 14.9. The highest BCUT2D eigenvalue weighted by Crippen LogP contribution is 2.09. The summed E-state index contributed by atoms with van der Waals surface area (Å²) in [5.74, 6) is 0. The van der Waals surface area contributed by atoms with Crippen LogP contribution in [-0.2, 0) is 19.6 Å². The van der Waals surface area contributed by atoms with E-state index in [9.17, 15) is 4.79 Å². The van der Waals surface area contributed by atoms with E-state index in [0.717, 1.165) is 31.7 Å². The highest BCUT2D eigenvalue weighted by molar-refractivity contribution is 5.73. The van der Waals surface area contributed by atoms with E-state index in [1.54, 1.807) is 19.0 Å². The molecular formula is C11H19N5O. The van der Waals surface area contributed by atoms with E-state index in [1.165, 1.54) is 5.69 Å². The molecule has 0 bridgehead atoms. The maximum atomic E-state index is 11.4. The summed E-state index contributed by atoms with van der Waals surface area (Å²) in [5, 5.41) is 10.5. The first-order valence-electron chi connectivity index (χ1n) is 5.90. The van der Waals surface area contributed by atoms with Gasteiger partial charge in [0.15, 0.2) is 0 Å². The Morgan fingerprint density at radius 3 is 3.29 bits per heavy atom. The molecule has 2 N–H and O–H groups in total. The minimum atomic E-state index is -0.0914. The Labute approximate surface area is 101 Å². The summed E-state index contributed by atoms with van der Waals surface area (Å²) >= 11 is 0. The zero-order valence-electron chi connectivity index (χ0n) is 10.4. The summed E-state index contributed by atoms with van der Waals surface area (Å²) in [6.07, 6.45) is 1.10. The van der Waals surface area contributed by atoms with Gasteiger partial charge in [-0.05, 0) is 19.0 Å². The van der Waals surface area contributed by atoms with E-state index >= 15 is 0 Å². The molecule has 0 saturated heterocycles. The predicted octanol–water partition coefficient (Wildman–Crippen LogP) is 0.148. The SMILES string of the molecule is CNC(=O)N(C)Cc1cc2n(n1)CCCNC2. The Balaban J connectivity index is 2.05. The van der Waals surface area contributed by atoms with E-state index in [2.05, 4.69) is 21.8 Å². The van der Waals surface area contributed by atoms with Crippen LogP contribution >= 0.6 is 0 Å². The quantitative estimate of drug-likeness (QED) is 0.769. The van der Waals surface area contributed by atoms with Crippen molar-refractivity contribution in [2.45, 2.75) is 26.1 Å². The number of fused-ring (bicyclic) bond motifs is 1. The summed E-state index contributed by atoms with van der Waals surface area (Å²) in [6, 6.07) is 1.98. The lowest BCUT2D eigenvalue weighted by Gasteiger charge is -2.14. The van der Waals surface area contributed by atoms with Gasteiger partial charge in [-0.1, -0.05) is 0 Å². The van der Waals surface area contributed by atoms with Gasteiger partial charge in [0.25, 0.3) is 0 Å². The van der Waals surface area contributed by atoms with Gasteiger partial charge in [-0.15, -0.1) is 0 Å². The van der Waals surface area contributed by atoms with Gasteiger partial charge in [-0.2, -0.15) is 5.10 Å². The minimum Gasteiger partial charge on any atom is -0.341 e. The van der Waals surface area contributed by atoms with Gasteiger partial charge in [0.05, 0.1) is 17.9 Å². The molecule has 2 heterocycles. The van der Waals surface area contributed by atoms with E-state index in [0.29, 0.717) is 6.54 Å². The number of carbonyl (C=O) groups excluding carboxylic acids is 1. The molecule has 0 fully saturated rings. The predicted molar refractivity (Wildman–Crippen MR) is 64.5 cm³/mol. The number of nitrogens with one attached hydrogen (secondary N) is 2. The van der Waals surface area contributed by atoms with Crippen LogP contribution in [0.1, 0.15) is 17.8 Å². The highest BCUT2D eigenvalue weighted by Gasteiger charge is 2.13. The van der Waals surface area contributed by atoms with Gasteiger partial charge in [0.1, 0.15) is 0 Å². The maximum absolute atomic E-state index is 11.4. The largest absolute Gasteiger partial charge is 0.341 e. The standard InChI is InChI=1S/C11H19N5O/c1-12-11(17)15(2)8-9-6-10-7-13-4-3-5-16(10)14-9/h6,13H,3-5,7-8H2,1-2H3,(H,12,17). The number of nitrogens with zero attached hydrogens (tertiary/aromatic N) is 3. The van der Waals surface area contributed by atoms with Crippen molar-refractivity contribution in [2.24, 2.45) is 0 Å². The minimum absolute atomic E-state index is 0.0914. The number of hydrogen-bond acceptors (Lipinski definition) is 3. The molecule has 0 saturated carbocycles. The Morgan fingerprint density at radius 1 is 1.71 bits per heavy atom. The van der Waals surface area contributed by atoms with Crippen LogP contribution in [0.4, 0.5) is 4.79 Å². The van der Waals surface area contributed by atoms with Crippen molar-refractivity contribution in [1.29, 1.82) is 0 Å². The number of urea groups is 1. The van der Waals surface area contributed by atoms with Crippen molar-refractivity contribution >= 4 is 6.03 Å². The number of rotatable bonds is 2. The van der Waals surface area contributed by atoms with Gasteiger partial charge in [-0.3, -0.25) is 4.68 Å². The lowest BCUT2D eigenvalue weighted by molar-refractivity contribution is 0.208. The van der Waals surface area contributed by atoms with Crippen LogP contribution in [0.25, 0.3) is 0 Å². The Hall–Kier alpha value is -1.56. The molecular weight excluding hydrogens is 218 g/mol. The first-order chi connectivity index (χ1) is 8.20. The monoisotopic (exact) mass is 237 g/mol. The zero-order chi connectivity index (χ0) is 12.3. The Kier molecular flexibility index (Phi) is 3.63. The van der Waals surface area contributed by atoms with Gasteiger partial charge in [0, 0.05) is 27.2 Å². The van der Waals surface area contributed by atoms with Crippen molar-refractivity contribution in [3.05, 3.63) is 17.5 Å². The second-order valence-electron chi connectivity index (χ2n) is 4.29. The Morgan fingerprint density at radius 2 is 2.53 bits per heavy atom. The molecule has 2 rings (SSSR count). The zero-order valence-corrected chi connectivity index (χ0v) is 10.4. The van der Waals surface area contributed by atoms with E-state index in [1.807, 2.05) is 4.68 Å². The molecule has 6 heteroatoms. The second kappa shape index (κ2) is 5.18. The molecule has 17 heavy (non-hydrogen) atoms. The summed E-state index contributed by atoms with van der Waals surface area (Å²) in [5.41, 5.74) is 2.14. The molecule has 0 aliphatic carbocycles.